The van der Waals surface area contributed by atoms with Crippen molar-refractivity contribution in [2.45, 2.75) is 20.8 Å². The molecule has 0 amide bonds. The van der Waals surface area contributed by atoms with E-state index in [1.54, 1.807) is 6.33 Å². The molecule has 1 aromatic heterocycles. The minimum Gasteiger partial charge on any atom is -0.357 e. The van der Waals surface area contributed by atoms with Crippen LogP contribution in [0.4, 0.5) is 11.6 Å². The van der Waals surface area contributed by atoms with E-state index in [0.717, 1.165) is 57.4 Å². The van der Waals surface area contributed by atoms with Crippen LogP contribution in [0.2, 0.25) is 0 Å². The van der Waals surface area contributed by atoms with Crippen LogP contribution >= 0.6 is 0 Å². The number of nitrogens with zero attached hydrogens (tertiary/aromatic N) is 5. The summed E-state index contributed by atoms with van der Waals surface area (Å²) >= 11 is 0. The van der Waals surface area contributed by atoms with Crippen molar-refractivity contribution in [3.8, 4) is 0 Å². The second kappa shape index (κ2) is 6.70. The van der Waals surface area contributed by atoms with Crippen LogP contribution in [0.15, 0.2) is 12.4 Å². The Kier molecular flexibility index (Phi) is 4.96. The fourth-order valence-electron chi connectivity index (χ4n) is 2.52. The zero-order chi connectivity index (χ0) is 13.7. The molecular formula is C14H25N5. The molecule has 0 spiro atoms. The van der Waals surface area contributed by atoms with Crippen LogP contribution in [-0.2, 0) is 0 Å². The molecule has 0 aliphatic carbocycles. The molecule has 1 aliphatic rings. The van der Waals surface area contributed by atoms with Crippen LogP contribution in [0.25, 0.3) is 0 Å². The topological polar surface area (TPSA) is 35.5 Å². The molecule has 1 saturated heterocycles. The second-order valence-electron chi connectivity index (χ2n) is 4.83. The molecule has 19 heavy (non-hydrogen) atoms. The monoisotopic (exact) mass is 263 g/mol. The highest BCUT2D eigenvalue weighted by molar-refractivity contribution is 5.50. The molecule has 0 N–H and O–H groups in total. The summed E-state index contributed by atoms with van der Waals surface area (Å²) in [6.07, 6.45) is 1.69. The van der Waals surface area contributed by atoms with Gasteiger partial charge in [-0.1, -0.05) is 6.92 Å². The first-order valence-electron chi connectivity index (χ1n) is 7.32. The van der Waals surface area contributed by atoms with Gasteiger partial charge in [0.25, 0.3) is 0 Å². The van der Waals surface area contributed by atoms with Gasteiger partial charge in [-0.05, 0) is 20.4 Å². The highest BCUT2D eigenvalue weighted by Crippen LogP contribution is 2.18. The number of aromatic nitrogens is 2. The lowest BCUT2D eigenvalue weighted by atomic mass is 10.3. The molecule has 0 saturated carbocycles. The Morgan fingerprint density at radius 1 is 1.05 bits per heavy atom. The van der Waals surface area contributed by atoms with Crippen LogP contribution in [0.5, 0.6) is 0 Å². The fourth-order valence-corrected chi connectivity index (χ4v) is 2.52. The first kappa shape index (κ1) is 14.1. The molecule has 1 aliphatic heterocycles. The van der Waals surface area contributed by atoms with Gasteiger partial charge >= 0.3 is 0 Å². The number of anilines is 2. The molecule has 0 atom stereocenters. The van der Waals surface area contributed by atoms with Crippen molar-refractivity contribution in [3.63, 3.8) is 0 Å². The van der Waals surface area contributed by atoms with Gasteiger partial charge in [0.15, 0.2) is 0 Å². The Labute approximate surface area is 116 Å². The van der Waals surface area contributed by atoms with E-state index in [9.17, 15) is 0 Å². The van der Waals surface area contributed by atoms with E-state index in [-0.39, 0.29) is 0 Å². The van der Waals surface area contributed by atoms with E-state index < -0.39 is 0 Å². The van der Waals surface area contributed by atoms with E-state index in [2.05, 4.69) is 51.5 Å². The molecular weight excluding hydrogens is 238 g/mol. The van der Waals surface area contributed by atoms with Crippen molar-refractivity contribution in [1.82, 2.24) is 14.9 Å². The van der Waals surface area contributed by atoms with Gasteiger partial charge in [-0.2, -0.15) is 0 Å². The van der Waals surface area contributed by atoms with E-state index >= 15 is 0 Å². The van der Waals surface area contributed by atoms with Crippen LogP contribution in [0.3, 0.4) is 0 Å². The third kappa shape index (κ3) is 3.35. The Morgan fingerprint density at radius 2 is 1.74 bits per heavy atom. The quantitative estimate of drug-likeness (QED) is 0.804. The molecule has 2 rings (SSSR count). The van der Waals surface area contributed by atoms with Crippen molar-refractivity contribution in [2.75, 3.05) is 55.6 Å². The van der Waals surface area contributed by atoms with Gasteiger partial charge in [0.1, 0.15) is 18.0 Å². The smallest absolute Gasteiger partial charge is 0.134 e. The number of piperazine rings is 1. The Hall–Kier alpha value is -1.36. The highest BCUT2D eigenvalue weighted by Gasteiger charge is 2.17. The summed E-state index contributed by atoms with van der Waals surface area (Å²) in [6.45, 7) is 14.0. The van der Waals surface area contributed by atoms with E-state index in [0.29, 0.717) is 0 Å². The third-order valence-corrected chi connectivity index (χ3v) is 3.87. The minimum absolute atomic E-state index is 0.983. The minimum atomic E-state index is 0.983. The number of likely N-dealkylation sites (N-methyl/N-ethyl adjacent to an activating group) is 1. The molecule has 0 bridgehead atoms. The predicted octanol–water partition coefficient (Wildman–Crippen LogP) is 1.46. The largest absolute Gasteiger partial charge is 0.357 e. The second-order valence-corrected chi connectivity index (χ2v) is 4.83. The summed E-state index contributed by atoms with van der Waals surface area (Å²) in [7, 11) is 0. The van der Waals surface area contributed by atoms with Crippen molar-refractivity contribution in [3.05, 3.63) is 12.4 Å². The first-order chi connectivity index (χ1) is 9.28. The molecule has 1 fully saturated rings. The van der Waals surface area contributed by atoms with Crippen molar-refractivity contribution < 1.29 is 0 Å². The Morgan fingerprint density at radius 3 is 2.32 bits per heavy atom. The van der Waals surface area contributed by atoms with Crippen LogP contribution in [0.1, 0.15) is 20.8 Å². The third-order valence-electron chi connectivity index (χ3n) is 3.87. The first-order valence-corrected chi connectivity index (χ1v) is 7.32. The zero-order valence-corrected chi connectivity index (χ0v) is 12.3. The highest BCUT2D eigenvalue weighted by atomic mass is 15.3. The average molecular weight is 263 g/mol. The van der Waals surface area contributed by atoms with Crippen molar-refractivity contribution >= 4 is 11.6 Å². The summed E-state index contributed by atoms with van der Waals surface area (Å²) in [5.74, 6) is 2.10. The van der Waals surface area contributed by atoms with E-state index in [1.165, 1.54) is 0 Å². The summed E-state index contributed by atoms with van der Waals surface area (Å²) in [4.78, 5) is 15.9. The average Bonchev–Trinajstić information content (AvgIpc) is 2.49. The lowest BCUT2D eigenvalue weighted by Gasteiger charge is -2.35. The van der Waals surface area contributed by atoms with Crippen LogP contribution < -0.4 is 9.80 Å². The maximum Gasteiger partial charge on any atom is 0.134 e. The lowest BCUT2D eigenvalue weighted by Crippen LogP contribution is -2.46. The maximum absolute atomic E-state index is 4.43. The van der Waals surface area contributed by atoms with Gasteiger partial charge in [0.05, 0.1) is 0 Å². The van der Waals surface area contributed by atoms with Gasteiger partial charge in [0, 0.05) is 45.3 Å². The molecule has 106 valence electrons. The standard InChI is InChI=1S/C14H25N5/c1-4-17-7-9-19(10-8-17)14-11-13(15-12-16-14)18(5-2)6-3/h11-12H,4-10H2,1-3H3. The summed E-state index contributed by atoms with van der Waals surface area (Å²) in [6, 6.07) is 2.12. The summed E-state index contributed by atoms with van der Waals surface area (Å²) < 4.78 is 0. The summed E-state index contributed by atoms with van der Waals surface area (Å²) in [5.41, 5.74) is 0. The lowest BCUT2D eigenvalue weighted by molar-refractivity contribution is 0.270. The molecule has 0 radical (unpaired) electrons. The Balaban J connectivity index is 2.07. The molecule has 1 aromatic rings. The van der Waals surface area contributed by atoms with Gasteiger partial charge < -0.3 is 14.7 Å². The van der Waals surface area contributed by atoms with Crippen molar-refractivity contribution in [1.29, 1.82) is 0 Å². The number of rotatable bonds is 5. The Bertz CT molecular complexity index is 383. The molecule has 0 unspecified atom stereocenters. The van der Waals surface area contributed by atoms with Crippen LogP contribution in [-0.4, -0.2) is 60.7 Å². The molecule has 0 aromatic carbocycles. The zero-order valence-electron chi connectivity index (χ0n) is 12.3. The van der Waals surface area contributed by atoms with E-state index in [4.69, 9.17) is 0 Å². The number of hydrogen-bond acceptors (Lipinski definition) is 5. The molecule has 2 heterocycles. The number of hydrogen-bond donors (Lipinski definition) is 0. The van der Waals surface area contributed by atoms with Gasteiger partial charge in [-0.15, -0.1) is 0 Å². The SMILES string of the molecule is CCN1CCN(c2cc(N(CC)CC)ncn2)CC1. The molecule has 5 nitrogen and oxygen atoms in total. The summed E-state index contributed by atoms with van der Waals surface area (Å²) in [5, 5.41) is 0. The van der Waals surface area contributed by atoms with Gasteiger partial charge in [-0.3, -0.25) is 0 Å². The van der Waals surface area contributed by atoms with E-state index in [1.807, 2.05) is 0 Å². The predicted molar refractivity (Wildman–Crippen MR) is 79.9 cm³/mol. The molecule has 5 heteroatoms. The fraction of sp³-hybridized carbons (Fsp3) is 0.714. The maximum atomic E-state index is 4.43. The van der Waals surface area contributed by atoms with Crippen LogP contribution in [0, 0.1) is 0 Å². The van der Waals surface area contributed by atoms with Crippen molar-refractivity contribution in [2.24, 2.45) is 0 Å². The normalized spacial score (nSPS) is 16.7. The van der Waals surface area contributed by atoms with Gasteiger partial charge in [0.2, 0.25) is 0 Å². The van der Waals surface area contributed by atoms with Gasteiger partial charge in [-0.25, -0.2) is 9.97 Å².